The monoisotopic (exact) mass is 478 g/mol. The van der Waals surface area contributed by atoms with Crippen molar-refractivity contribution in [1.29, 1.82) is 0 Å². The van der Waals surface area contributed by atoms with Crippen LogP contribution in [-0.2, 0) is 0 Å². The number of ether oxygens (including phenoxy) is 1. The van der Waals surface area contributed by atoms with Crippen molar-refractivity contribution in [3.63, 3.8) is 0 Å². The second-order valence-corrected chi connectivity index (χ2v) is 9.61. The van der Waals surface area contributed by atoms with E-state index in [9.17, 15) is 5.11 Å². The van der Waals surface area contributed by atoms with Gasteiger partial charge in [-0.15, -0.1) is 6.58 Å². The minimum Gasteiger partial charge on any atom is -0.443 e. The number of rotatable bonds is 13. The van der Waals surface area contributed by atoms with E-state index in [1.807, 2.05) is 61.5 Å². The zero-order valence-electron chi connectivity index (χ0n) is 21.7. The summed E-state index contributed by atoms with van der Waals surface area (Å²) < 4.78 is 6.16. The molecule has 0 heterocycles. The number of benzene rings is 2. The number of anilines is 2. The van der Waals surface area contributed by atoms with E-state index in [4.69, 9.17) is 21.3 Å². The van der Waals surface area contributed by atoms with Gasteiger partial charge in [0.05, 0.1) is 23.9 Å². The first-order chi connectivity index (χ1) is 16.7. The summed E-state index contributed by atoms with van der Waals surface area (Å²) in [6.07, 6.45) is 7.01. The van der Waals surface area contributed by atoms with Crippen LogP contribution >= 0.6 is 0 Å². The fraction of sp³-hybridized carbons (Fsp3) is 0.414. The molecule has 0 saturated carbocycles. The van der Waals surface area contributed by atoms with Gasteiger partial charge in [-0.1, -0.05) is 69.7 Å². The van der Waals surface area contributed by atoms with Crippen molar-refractivity contribution in [2.75, 3.05) is 17.3 Å². The lowest BCUT2D eigenvalue weighted by Crippen LogP contribution is -2.39. The van der Waals surface area contributed by atoms with Gasteiger partial charge in [0, 0.05) is 18.3 Å². The van der Waals surface area contributed by atoms with Crippen molar-refractivity contribution in [3.05, 3.63) is 78.5 Å². The largest absolute Gasteiger partial charge is 0.443 e. The molecule has 190 valence electrons. The van der Waals surface area contributed by atoms with Gasteiger partial charge in [-0.3, -0.25) is 0 Å². The number of nitrogens with zero attached hydrogens (tertiary/aromatic N) is 2. The molecule has 1 unspecified atom stereocenters. The highest BCUT2D eigenvalue weighted by molar-refractivity contribution is 5.81. The molecule has 0 aromatic heterocycles. The van der Waals surface area contributed by atoms with E-state index >= 15 is 0 Å². The summed E-state index contributed by atoms with van der Waals surface area (Å²) in [5.74, 6) is 7.33. The number of aliphatic hydroxyl groups is 1. The molecule has 0 bridgehead atoms. The molecule has 2 aromatic carbocycles. The number of aliphatic imine (C=N–C) groups is 1. The maximum atomic E-state index is 10.8. The predicted molar refractivity (Wildman–Crippen MR) is 148 cm³/mol. The lowest BCUT2D eigenvalue weighted by molar-refractivity contribution is 0.181. The number of hydrogen-bond donors (Lipinski definition) is 3. The van der Waals surface area contributed by atoms with Crippen LogP contribution in [0, 0.1) is 5.41 Å². The van der Waals surface area contributed by atoms with Crippen LogP contribution < -0.4 is 21.3 Å². The summed E-state index contributed by atoms with van der Waals surface area (Å²) in [6, 6.07) is 15.0. The molecule has 2 rings (SSSR count). The van der Waals surface area contributed by atoms with Gasteiger partial charge < -0.3 is 20.6 Å². The quantitative estimate of drug-likeness (QED) is 0.0758. The Morgan fingerprint density at radius 2 is 1.94 bits per heavy atom. The average Bonchev–Trinajstić information content (AvgIpc) is 2.81. The normalized spacial score (nSPS) is 13.4. The van der Waals surface area contributed by atoms with Gasteiger partial charge in [0.2, 0.25) is 0 Å². The molecule has 35 heavy (non-hydrogen) atoms. The summed E-state index contributed by atoms with van der Waals surface area (Å²) in [4.78, 5) is 4.72. The molecule has 6 nitrogen and oxygen atoms in total. The summed E-state index contributed by atoms with van der Waals surface area (Å²) in [7, 11) is 0. The van der Waals surface area contributed by atoms with E-state index in [0.29, 0.717) is 23.9 Å². The van der Waals surface area contributed by atoms with Gasteiger partial charge in [-0.25, -0.2) is 10.8 Å². The Labute approximate surface area is 211 Å². The molecule has 0 aliphatic carbocycles. The third kappa shape index (κ3) is 9.23. The van der Waals surface area contributed by atoms with Crippen LogP contribution in [0.4, 0.5) is 11.4 Å². The highest BCUT2D eigenvalue weighted by Crippen LogP contribution is 2.31. The van der Waals surface area contributed by atoms with Crippen molar-refractivity contribution in [3.8, 4) is 5.75 Å². The zero-order valence-corrected chi connectivity index (χ0v) is 21.7. The highest BCUT2D eigenvalue weighted by atomic mass is 16.5. The summed E-state index contributed by atoms with van der Waals surface area (Å²) in [5.41, 5.74) is 9.40. The Bertz CT molecular complexity index is 999. The third-order valence-corrected chi connectivity index (χ3v) is 5.83. The Balaban J connectivity index is 2.26. The standard InChI is InChI=1S/C29H42N4O2/c1-6-9-15-23(8-3)32-28(20-27(34)22-13-11-10-12-14-22)35-24-16-17-26(25(30)19-24)33(31)21-29(4,5)18-7-2/h6,8,10-14,16-17,19,27,34H,1,7,9,15,18,20-21,30-31H2,2-5H3/b23-8-,32-28?. The molecule has 2 aromatic rings. The maximum Gasteiger partial charge on any atom is 0.197 e. The Morgan fingerprint density at radius 1 is 1.23 bits per heavy atom. The van der Waals surface area contributed by atoms with E-state index in [1.165, 1.54) is 0 Å². The second-order valence-electron chi connectivity index (χ2n) is 9.61. The fourth-order valence-corrected chi connectivity index (χ4v) is 4.04. The molecule has 5 N–H and O–H groups in total. The van der Waals surface area contributed by atoms with Gasteiger partial charge in [-0.2, -0.15) is 0 Å². The van der Waals surface area contributed by atoms with E-state index in [1.54, 1.807) is 11.1 Å². The van der Waals surface area contributed by atoms with Crippen LogP contribution in [-0.4, -0.2) is 17.5 Å². The first kappa shape index (κ1) is 28.1. The van der Waals surface area contributed by atoms with Crippen LogP contribution in [0.2, 0.25) is 0 Å². The Morgan fingerprint density at radius 3 is 2.54 bits per heavy atom. The lowest BCUT2D eigenvalue weighted by Gasteiger charge is -2.31. The Hall–Kier alpha value is -3.09. The van der Waals surface area contributed by atoms with Gasteiger partial charge in [0.15, 0.2) is 5.90 Å². The van der Waals surface area contributed by atoms with Crippen LogP contribution in [0.15, 0.2) is 78.0 Å². The molecule has 0 aliphatic rings. The molecule has 1 atom stereocenters. The van der Waals surface area contributed by atoms with Gasteiger partial charge in [0.25, 0.3) is 0 Å². The zero-order chi connectivity index (χ0) is 25.8. The van der Waals surface area contributed by atoms with Gasteiger partial charge in [0.1, 0.15) is 5.75 Å². The molecule has 0 spiro atoms. The number of hydrogen-bond acceptors (Lipinski definition) is 6. The smallest absolute Gasteiger partial charge is 0.197 e. The molecule has 6 heteroatoms. The molecule has 0 amide bonds. The number of allylic oxidation sites excluding steroid dienone is 3. The summed E-state index contributed by atoms with van der Waals surface area (Å²) >= 11 is 0. The van der Waals surface area contributed by atoms with Crippen LogP contribution in [0.1, 0.15) is 71.5 Å². The predicted octanol–water partition coefficient (Wildman–Crippen LogP) is 6.55. The number of aliphatic hydroxyl groups excluding tert-OH is 1. The molecule has 0 saturated heterocycles. The van der Waals surface area contributed by atoms with Gasteiger partial charge in [-0.05, 0) is 49.3 Å². The van der Waals surface area contributed by atoms with Crippen LogP contribution in [0.25, 0.3) is 0 Å². The highest BCUT2D eigenvalue weighted by Gasteiger charge is 2.21. The van der Waals surface area contributed by atoms with E-state index in [2.05, 4.69) is 27.4 Å². The SMILES string of the molecule is C=CCC/C(=C/C)N=C(CC(O)c1ccccc1)Oc1ccc(N(N)CC(C)(C)CCC)c(N)c1. The molecule has 0 radical (unpaired) electrons. The second kappa shape index (κ2) is 13.7. The number of hydrazine groups is 1. The average molecular weight is 479 g/mol. The van der Waals surface area contributed by atoms with Crippen molar-refractivity contribution < 1.29 is 9.84 Å². The van der Waals surface area contributed by atoms with Crippen molar-refractivity contribution >= 4 is 17.3 Å². The summed E-state index contributed by atoms with van der Waals surface area (Å²) in [6.45, 7) is 13.0. The minimum absolute atomic E-state index is 0.0762. The van der Waals surface area contributed by atoms with Crippen molar-refractivity contribution in [1.82, 2.24) is 0 Å². The van der Waals surface area contributed by atoms with E-state index in [-0.39, 0.29) is 11.8 Å². The maximum absolute atomic E-state index is 10.8. The summed E-state index contributed by atoms with van der Waals surface area (Å²) in [5, 5.41) is 12.5. The number of nitrogen functional groups attached to an aromatic ring is 1. The molecule has 0 aliphatic heterocycles. The third-order valence-electron chi connectivity index (χ3n) is 5.83. The Kier molecular flexibility index (Phi) is 11.0. The lowest BCUT2D eigenvalue weighted by atomic mass is 9.88. The molecule has 0 fully saturated rings. The minimum atomic E-state index is -0.746. The first-order valence-corrected chi connectivity index (χ1v) is 12.3. The number of nitrogens with two attached hydrogens (primary N) is 2. The van der Waals surface area contributed by atoms with Crippen LogP contribution in [0.5, 0.6) is 5.75 Å². The fourth-order valence-electron chi connectivity index (χ4n) is 4.04. The molecular weight excluding hydrogens is 436 g/mol. The topological polar surface area (TPSA) is 97.1 Å². The first-order valence-electron chi connectivity index (χ1n) is 12.3. The van der Waals surface area contributed by atoms with Crippen LogP contribution in [0.3, 0.4) is 0 Å². The molecular formula is C29H42N4O2. The van der Waals surface area contributed by atoms with Gasteiger partial charge >= 0.3 is 0 Å². The van der Waals surface area contributed by atoms with Crippen molar-refractivity contribution in [2.45, 2.75) is 65.9 Å². The van der Waals surface area contributed by atoms with E-state index in [0.717, 1.165) is 42.6 Å². The van der Waals surface area contributed by atoms with Crippen molar-refractivity contribution in [2.24, 2.45) is 16.3 Å². The van der Waals surface area contributed by atoms with E-state index < -0.39 is 6.10 Å².